The highest BCUT2D eigenvalue weighted by Crippen LogP contribution is 2.15. The molecule has 0 radical (unpaired) electrons. The molecule has 3 nitrogen and oxygen atoms in total. The SMILES string of the molecule is CC1CCCN(C[C@H](O)CN)C1. The predicted molar refractivity (Wildman–Crippen MR) is 49.9 cm³/mol. The number of aliphatic hydroxyl groups is 1. The maximum atomic E-state index is 9.33. The number of hydrogen-bond donors (Lipinski definition) is 2. The van der Waals surface area contributed by atoms with Gasteiger partial charge in [-0.05, 0) is 25.3 Å². The highest BCUT2D eigenvalue weighted by Gasteiger charge is 2.17. The van der Waals surface area contributed by atoms with E-state index < -0.39 is 0 Å². The minimum Gasteiger partial charge on any atom is -0.390 e. The summed E-state index contributed by atoms with van der Waals surface area (Å²) in [6.07, 6.45) is 2.25. The van der Waals surface area contributed by atoms with Gasteiger partial charge in [-0.2, -0.15) is 0 Å². The van der Waals surface area contributed by atoms with Crippen molar-refractivity contribution < 1.29 is 5.11 Å². The van der Waals surface area contributed by atoms with Crippen LogP contribution in [0.5, 0.6) is 0 Å². The van der Waals surface area contributed by atoms with Crippen LogP contribution in [0.4, 0.5) is 0 Å². The summed E-state index contributed by atoms with van der Waals surface area (Å²) in [7, 11) is 0. The molecule has 0 bridgehead atoms. The zero-order chi connectivity index (χ0) is 8.97. The Morgan fingerprint density at radius 1 is 1.67 bits per heavy atom. The molecule has 12 heavy (non-hydrogen) atoms. The molecule has 0 aromatic rings. The minimum absolute atomic E-state index is 0.338. The van der Waals surface area contributed by atoms with Crippen molar-refractivity contribution in [2.45, 2.75) is 25.9 Å². The number of hydrogen-bond acceptors (Lipinski definition) is 3. The number of likely N-dealkylation sites (tertiary alicyclic amines) is 1. The van der Waals surface area contributed by atoms with Crippen LogP contribution in [-0.4, -0.2) is 42.3 Å². The molecule has 3 heteroatoms. The van der Waals surface area contributed by atoms with Crippen molar-refractivity contribution in [3.8, 4) is 0 Å². The average Bonchev–Trinajstić information content (AvgIpc) is 2.04. The van der Waals surface area contributed by atoms with Crippen molar-refractivity contribution in [1.29, 1.82) is 0 Å². The van der Waals surface area contributed by atoms with Gasteiger partial charge in [-0.3, -0.25) is 0 Å². The van der Waals surface area contributed by atoms with E-state index in [9.17, 15) is 5.11 Å². The van der Waals surface area contributed by atoms with Crippen LogP contribution in [0.25, 0.3) is 0 Å². The van der Waals surface area contributed by atoms with Crippen LogP contribution in [-0.2, 0) is 0 Å². The minimum atomic E-state index is -0.338. The van der Waals surface area contributed by atoms with Gasteiger partial charge in [-0.25, -0.2) is 0 Å². The summed E-state index contributed by atoms with van der Waals surface area (Å²) in [6, 6.07) is 0. The Hall–Kier alpha value is -0.120. The molecule has 3 N–H and O–H groups in total. The van der Waals surface area contributed by atoms with Crippen molar-refractivity contribution >= 4 is 0 Å². The molecule has 0 spiro atoms. The monoisotopic (exact) mass is 172 g/mol. The van der Waals surface area contributed by atoms with Gasteiger partial charge in [0.05, 0.1) is 6.10 Å². The van der Waals surface area contributed by atoms with E-state index in [0.29, 0.717) is 6.54 Å². The van der Waals surface area contributed by atoms with Gasteiger partial charge in [0, 0.05) is 19.6 Å². The number of nitrogens with two attached hydrogens (primary N) is 1. The fraction of sp³-hybridized carbons (Fsp3) is 1.00. The molecule has 1 saturated heterocycles. The first kappa shape index (κ1) is 9.96. The summed E-state index contributed by atoms with van der Waals surface area (Å²) in [6.45, 7) is 5.64. The molecule has 0 aliphatic carbocycles. The second-order valence-corrected chi connectivity index (χ2v) is 3.90. The second kappa shape index (κ2) is 4.80. The fourth-order valence-corrected chi connectivity index (χ4v) is 1.83. The Morgan fingerprint density at radius 2 is 2.42 bits per heavy atom. The Bertz CT molecular complexity index is 130. The summed E-state index contributed by atoms with van der Waals surface area (Å²) < 4.78 is 0. The van der Waals surface area contributed by atoms with Gasteiger partial charge in [0.2, 0.25) is 0 Å². The van der Waals surface area contributed by atoms with E-state index in [0.717, 1.165) is 25.6 Å². The normalized spacial score (nSPS) is 28.8. The Kier molecular flexibility index (Phi) is 3.98. The van der Waals surface area contributed by atoms with Crippen LogP contribution in [0.15, 0.2) is 0 Å². The van der Waals surface area contributed by atoms with Crippen LogP contribution < -0.4 is 5.73 Å². The first-order valence-corrected chi connectivity index (χ1v) is 4.83. The molecular formula is C9H20N2O. The van der Waals surface area contributed by atoms with Gasteiger partial charge in [0.15, 0.2) is 0 Å². The highest BCUT2D eigenvalue weighted by atomic mass is 16.3. The van der Waals surface area contributed by atoms with Gasteiger partial charge < -0.3 is 15.7 Å². The smallest absolute Gasteiger partial charge is 0.0789 e. The lowest BCUT2D eigenvalue weighted by atomic mass is 10.00. The maximum absolute atomic E-state index is 9.33. The van der Waals surface area contributed by atoms with Crippen molar-refractivity contribution in [2.75, 3.05) is 26.2 Å². The van der Waals surface area contributed by atoms with Crippen LogP contribution in [0.1, 0.15) is 19.8 Å². The third-order valence-electron chi connectivity index (χ3n) is 2.48. The summed E-state index contributed by atoms with van der Waals surface area (Å²) >= 11 is 0. The topological polar surface area (TPSA) is 49.5 Å². The second-order valence-electron chi connectivity index (χ2n) is 3.90. The summed E-state index contributed by atoms with van der Waals surface area (Å²) in [5.41, 5.74) is 5.35. The molecule has 72 valence electrons. The Morgan fingerprint density at radius 3 is 3.00 bits per heavy atom. The predicted octanol–water partition coefficient (Wildman–Crippen LogP) is 0.0379. The van der Waals surface area contributed by atoms with Gasteiger partial charge in [-0.15, -0.1) is 0 Å². The third kappa shape index (κ3) is 3.09. The molecule has 1 fully saturated rings. The van der Waals surface area contributed by atoms with E-state index >= 15 is 0 Å². The van der Waals surface area contributed by atoms with Crippen LogP contribution in [0.3, 0.4) is 0 Å². The summed E-state index contributed by atoms with van der Waals surface area (Å²) in [5.74, 6) is 0.781. The molecule has 0 aromatic carbocycles. The Labute approximate surface area is 74.5 Å². The van der Waals surface area contributed by atoms with Crippen LogP contribution >= 0.6 is 0 Å². The van der Waals surface area contributed by atoms with E-state index in [2.05, 4.69) is 11.8 Å². The molecule has 2 atom stereocenters. The van der Waals surface area contributed by atoms with Crippen molar-refractivity contribution in [1.82, 2.24) is 4.90 Å². The third-order valence-corrected chi connectivity index (χ3v) is 2.48. The molecule has 1 aliphatic rings. The van der Waals surface area contributed by atoms with E-state index in [1.54, 1.807) is 0 Å². The van der Waals surface area contributed by atoms with Crippen LogP contribution in [0.2, 0.25) is 0 Å². The maximum Gasteiger partial charge on any atom is 0.0789 e. The quantitative estimate of drug-likeness (QED) is 0.632. The van der Waals surface area contributed by atoms with Crippen molar-refractivity contribution in [2.24, 2.45) is 11.7 Å². The lowest BCUT2D eigenvalue weighted by Gasteiger charge is -2.31. The van der Waals surface area contributed by atoms with Crippen molar-refractivity contribution in [3.63, 3.8) is 0 Å². The molecule has 0 saturated carbocycles. The number of β-amino-alcohol motifs (C(OH)–C–C–N with tert-alkyl or cyclic N) is 1. The zero-order valence-electron chi connectivity index (χ0n) is 7.87. The summed E-state index contributed by atoms with van der Waals surface area (Å²) in [5, 5.41) is 9.33. The average molecular weight is 172 g/mol. The molecule has 1 heterocycles. The molecule has 0 amide bonds. The fourth-order valence-electron chi connectivity index (χ4n) is 1.83. The number of piperidine rings is 1. The van der Waals surface area contributed by atoms with E-state index in [1.165, 1.54) is 12.8 Å². The van der Waals surface area contributed by atoms with E-state index in [4.69, 9.17) is 5.73 Å². The Balaban J connectivity index is 2.22. The first-order valence-electron chi connectivity index (χ1n) is 4.83. The standard InChI is InChI=1S/C9H20N2O/c1-8-3-2-4-11(6-8)7-9(12)5-10/h8-9,12H,2-7,10H2,1H3/t8?,9-/m1/s1. The van der Waals surface area contributed by atoms with Crippen molar-refractivity contribution in [3.05, 3.63) is 0 Å². The van der Waals surface area contributed by atoms with E-state index in [-0.39, 0.29) is 6.10 Å². The number of rotatable bonds is 3. The molecule has 1 unspecified atom stereocenters. The lowest BCUT2D eigenvalue weighted by molar-refractivity contribution is 0.0924. The van der Waals surface area contributed by atoms with E-state index in [1.807, 2.05) is 0 Å². The number of aliphatic hydroxyl groups excluding tert-OH is 1. The molecular weight excluding hydrogens is 152 g/mol. The summed E-state index contributed by atoms with van der Waals surface area (Å²) in [4.78, 5) is 2.31. The largest absolute Gasteiger partial charge is 0.390 e. The van der Waals surface area contributed by atoms with Gasteiger partial charge in [0.25, 0.3) is 0 Å². The number of nitrogens with zero attached hydrogens (tertiary/aromatic N) is 1. The molecule has 1 rings (SSSR count). The molecule has 0 aromatic heterocycles. The van der Waals surface area contributed by atoms with Gasteiger partial charge in [0.1, 0.15) is 0 Å². The molecule has 1 aliphatic heterocycles. The highest BCUT2D eigenvalue weighted by molar-refractivity contribution is 4.72. The van der Waals surface area contributed by atoms with Crippen LogP contribution in [0, 0.1) is 5.92 Å². The first-order chi connectivity index (χ1) is 5.72. The van der Waals surface area contributed by atoms with Gasteiger partial charge in [-0.1, -0.05) is 6.92 Å². The van der Waals surface area contributed by atoms with Gasteiger partial charge >= 0.3 is 0 Å². The zero-order valence-corrected chi connectivity index (χ0v) is 7.87. The lowest BCUT2D eigenvalue weighted by Crippen LogP contribution is -2.41.